The summed E-state index contributed by atoms with van der Waals surface area (Å²) in [5.41, 5.74) is 0. The second-order valence-corrected chi connectivity index (χ2v) is 5.73. The summed E-state index contributed by atoms with van der Waals surface area (Å²) in [4.78, 5) is 10.8. The van der Waals surface area contributed by atoms with Gasteiger partial charge in [0.2, 0.25) is 0 Å². The van der Waals surface area contributed by atoms with Crippen molar-refractivity contribution in [1.29, 1.82) is 0 Å². The first-order chi connectivity index (χ1) is 11.7. The Bertz CT molecular complexity index is 405. The molecule has 0 aliphatic rings. The Balaban J connectivity index is 3.56. The highest BCUT2D eigenvalue weighted by Crippen LogP contribution is 2.03. The number of carboxylic acid groups (broad SMARTS) is 1. The minimum absolute atomic E-state index is 0.515. The van der Waals surface area contributed by atoms with Crippen molar-refractivity contribution >= 4 is 5.97 Å². The van der Waals surface area contributed by atoms with Crippen LogP contribution in [0.5, 0.6) is 0 Å². The molecular weight excluding hydrogens is 300 g/mol. The number of ether oxygens (including phenoxy) is 1. The second kappa shape index (κ2) is 17.7. The Morgan fingerprint density at radius 3 is 1.83 bits per heavy atom. The predicted molar refractivity (Wildman–Crippen MR) is 102 cm³/mol. The molecule has 0 aliphatic carbocycles. The molecule has 0 radical (unpaired) electrons. The van der Waals surface area contributed by atoms with Gasteiger partial charge in [-0.2, -0.15) is 0 Å². The highest BCUT2D eigenvalue weighted by Gasteiger charge is 2.14. The van der Waals surface area contributed by atoms with E-state index in [2.05, 4.69) is 49.5 Å². The quantitative estimate of drug-likeness (QED) is 0.302. The van der Waals surface area contributed by atoms with Gasteiger partial charge in [0.1, 0.15) is 0 Å². The van der Waals surface area contributed by atoms with Crippen molar-refractivity contribution in [3.8, 4) is 0 Å². The predicted octanol–water partition coefficient (Wildman–Crippen LogP) is 5.84. The van der Waals surface area contributed by atoms with Gasteiger partial charge in [-0.1, -0.05) is 68.4 Å². The number of hydrogen-bond donors (Lipinski definition) is 1. The molecule has 24 heavy (non-hydrogen) atoms. The average molecular weight is 335 g/mol. The number of unbranched alkanes of at least 4 members (excludes halogenated alkanes) is 3. The number of methoxy groups -OCH3 is 1. The molecule has 0 fully saturated rings. The maximum absolute atomic E-state index is 10.8. The van der Waals surface area contributed by atoms with E-state index in [1.807, 2.05) is 6.08 Å². The fourth-order valence-corrected chi connectivity index (χ4v) is 2.15. The van der Waals surface area contributed by atoms with Gasteiger partial charge >= 0.3 is 5.97 Å². The van der Waals surface area contributed by atoms with Crippen molar-refractivity contribution in [2.45, 2.75) is 70.8 Å². The molecule has 0 aromatic heterocycles. The fraction of sp³-hybridized carbons (Fsp3) is 0.571. The molecule has 0 saturated carbocycles. The molecule has 0 saturated heterocycles. The van der Waals surface area contributed by atoms with Gasteiger partial charge in [0.25, 0.3) is 0 Å². The van der Waals surface area contributed by atoms with Gasteiger partial charge in [-0.25, -0.2) is 4.79 Å². The standard InChI is InChI=1S/C21H34O3/c1-3-4-5-6-7-8-9-10-11-12-13-14-15-16-17-18-19-20(24-2)21(22)23/h7-8,10-11,13-14,16-17,20H,3-6,9,12,15,18-19H2,1-2H3,(H,22,23)/b8-7-,11-10-,14-13-,17-16-. The number of carboxylic acids is 1. The van der Waals surface area contributed by atoms with Crippen LogP contribution < -0.4 is 0 Å². The molecule has 0 amide bonds. The van der Waals surface area contributed by atoms with Crippen molar-refractivity contribution in [2.75, 3.05) is 7.11 Å². The molecule has 0 aliphatic heterocycles. The Morgan fingerprint density at radius 1 is 0.875 bits per heavy atom. The second-order valence-electron chi connectivity index (χ2n) is 5.73. The monoisotopic (exact) mass is 334 g/mol. The fourth-order valence-electron chi connectivity index (χ4n) is 2.15. The van der Waals surface area contributed by atoms with E-state index >= 15 is 0 Å². The third kappa shape index (κ3) is 15.3. The first kappa shape index (κ1) is 22.4. The number of carbonyl (C=O) groups is 1. The third-order valence-corrected chi connectivity index (χ3v) is 3.61. The van der Waals surface area contributed by atoms with E-state index in [1.165, 1.54) is 32.8 Å². The number of hydrogen-bond acceptors (Lipinski definition) is 2. The van der Waals surface area contributed by atoms with E-state index < -0.39 is 12.1 Å². The van der Waals surface area contributed by atoms with Gasteiger partial charge in [0.05, 0.1) is 0 Å². The minimum Gasteiger partial charge on any atom is -0.479 e. The number of allylic oxidation sites excluding steroid dienone is 8. The largest absolute Gasteiger partial charge is 0.479 e. The Labute approximate surface area is 147 Å². The van der Waals surface area contributed by atoms with Crippen molar-refractivity contribution in [1.82, 2.24) is 0 Å². The highest BCUT2D eigenvalue weighted by atomic mass is 16.5. The van der Waals surface area contributed by atoms with E-state index in [4.69, 9.17) is 9.84 Å². The molecule has 0 spiro atoms. The Morgan fingerprint density at radius 2 is 1.38 bits per heavy atom. The van der Waals surface area contributed by atoms with Crippen LogP contribution in [0.2, 0.25) is 0 Å². The lowest BCUT2D eigenvalue weighted by Gasteiger charge is -2.07. The average Bonchev–Trinajstić information content (AvgIpc) is 2.57. The van der Waals surface area contributed by atoms with Crippen molar-refractivity contribution < 1.29 is 14.6 Å². The highest BCUT2D eigenvalue weighted by molar-refractivity contribution is 5.72. The van der Waals surface area contributed by atoms with Crippen molar-refractivity contribution in [3.05, 3.63) is 48.6 Å². The van der Waals surface area contributed by atoms with Gasteiger partial charge < -0.3 is 9.84 Å². The summed E-state index contributed by atoms with van der Waals surface area (Å²) < 4.78 is 4.88. The van der Waals surface area contributed by atoms with Crippen LogP contribution in [0.15, 0.2) is 48.6 Å². The lowest BCUT2D eigenvalue weighted by molar-refractivity contribution is -0.148. The lowest BCUT2D eigenvalue weighted by Crippen LogP contribution is -2.21. The zero-order valence-corrected chi connectivity index (χ0v) is 15.3. The van der Waals surface area contributed by atoms with Crippen LogP contribution in [-0.4, -0.2) is 24.3 Å². The Kier molecular flexibility index (Phi) is 16.5. The molecule has 1 N–H and O–H groups in total. The number of rotatable bonds is 15. The van der Waals surface area contributed by atoms with Crippen molar-refractivity contribution in [3.63, 3.8) is 0 Å². The van der Waals surface area contributed by atoms with Crippen LogP contribution in [0.25, 0.3) is 0 Å². The summed E-state index contributed by atoms with van der Waals surface area (Å²) >= 11 is 0. The summed E-state index contributed by atoms with van der Waals surface area (Å²) in [6.07, 6.45) is 25.8. The van der Waals surface area contributed by atoms with Gasteiger partial charge in [0.15, 0.2) is 6.10 Å². The molecule has 0 bridgehead atoms. The normalized spacial score (nSPS) is 13.8. The topological polar surface area (TPSA) is 46.5 Å². The van der Waals surface area contributed by atoms with E-state index in [0.29, 0.717) is 6.42 Å². The maximum Gasteiger partial charge on any atom is 0.332 e. The molecule has 0 aromatic carbocycles. The SMILES string of the molecule is CCCCC/C=C\C/C=C\C/C=C\C/C=C\CCC(OC)C(=O)O. The van der Waals surface area contributed by atoms with Crippen LogP contribution in [0.1, 0.15) is 64.7 Å². The van der Waals surface area contributed by atoms with E-state index in [9.17, 15) is 4.79 Å². The lowest BCUT2D eigenvalue weighted by atomic mass is 10.2. The van der Waals surface area contributed by atoms with Crippen LogP contribution >= 0.6 is 0 Å². The van der Waals surface area contributed by atoms with Gasteiger partial charge in [-0.05, 0) is 44.9 Å². The van der Waals surface area contributed by atoms with Gasteiger partial charge in [0, 0.05) is 7.11 Å². The molecule has 0 aromatic rings. The molecule has 0 heterocycles. The van der Waals surface area contributed by atoms with Gasteiger partial charge in [-0.3, -0.25) is 0 Å². The summed E-state index contributed by atoms with van der Waals surface area (Å²) in [6, 6.07) is 0. The maximum atomic E-state index is 10.8. The molecule has 1 atom stereocenters. The molecule has 0 rings (SSSR count). The zero-order valence-electron chi connectivity index (χ0n) is 15.3. The van der Waals surface area contributed by atoms with Crippen LogP contribution in [-0.2, 0) is 9.53 Å². The van der Waals surface area contributed by atoms with Crippen LogP contribution in [0.3, 0.4) is 0 Å². The molecule has 3 heteroatoms. The minimum atomic E-state index is -0.895. The van der Waals surface area contributed by atoms with E-state index in [-0.39, 0.29) is 0 Å². The number of aliphatic carboxylic acids is 1. The Hall–Kier alpha value is -1.61. The summed E-state index contributed by atoms with van der Waals surface area (Å²) in [7, 11) is 1.43. The molecule has 136 valence electrons. The van der Waals surface area contributed by atoms with Crippen molar-refractivity contribution in [2.24, 2.45) is 0 Å². The van der Waals surface area contributed by atoms with Crippen LogP contribution in [0, 0.1) is 0 Å². The molecular formula is C21H34O3. The summed E-state index contributed by atoms with van der Waals surface area (Å²) in [5, 5.41) is 8.83. The summed E-state index contributed by atoms with van der Waals surface area (Å²) in [6.45, 7) is 2.23. The van der Waals surface area contributed by atoms with E-state index in [1.54, 1.807) is 0 Å². The zero-order chi connectivity index (χ0) is 17.9. The first-order valence-electron chi connectivity index (χ1n) is 9.08. The summed E-state index contributed by atoms with van der Waals surface area (Å²) in [5.74, 6) is -0.895. The van der Waals surface area contributed by atoms with Crippen LogP contribution in [0.4, 0.5) is 0 Å². The molecule has 3 nitrogen and oxygen atoms in total. The smallest absolute Gasteiger partial charge is 0.332 e. The first-order valence-corrected chi connectivity index (χ1v) is 9.08. The van der Waals surface area contributed by atoms with Gasteiger partial charge in [-0.15, -0.1) is 0 Å². The molecule has 1 unspecified atom stereocenters. The third-order valence-electron chi connectivity index (χ3n) is 3.61. The van der Waals surface area contributed by atoms with E-state index in [0.717, 1.165) is 25.7 Å².